The summed E-state index contributed by atoms with van der Waals surface area (Å²) in [4.78, 5) is 21.3. The van der Waals surface area contributed by atoms with Crippen molar-refractivity contribution >= 4 is 39.0 Å². The molecule has 1 unspecified atom stereocenters. The van der Waals surface area contributed by atoms with Gasteiger partial charge in [0.1, 0.15) is 16.3 Å². The number of para-hydroxylation sites is 1. The highest BCUT2D eigenvalue weighted by Gasteiger charge is 2.33. The van der Waals surface area contributed by atoms with Crippen molar-refractivity contribution in [3.05, 3.63) is 54.5 Å². The topological polar surface area (TPSA) is 119 Å². The first-order chi connectivity index (χ1) is 18.6. The van der Waals surface area contributed by atoms with Gasteiger partial charge in [-0.1, -0.05) is 18.2 Å². The first-order valence-corrected chi connectivity index (χ1v) is 14.1. The van der Waals surface area contributed by atoms with Crippen LogP contribution in [0.1, 0.15) is 31.4 Å². The monoisotopic (exact) mass is 531 g/mol. The van der Waals surface area contributed by atoms with Crippen LogP contribution >= 0.6 is 11.3 Å². The number of hydrogen-bond acceptors (Lipinski definition) is 10. The molecule has 4 heterocycles. The van der Waals surface area contributed by atoms with Gasteiger partial charge in [-0.3, -0.25) is 4.98 Å². The third-order valence-electron chi connectivity index (χ3n) is 7.68. The Kier molecular flexibility index (Phi) is 7.10. The number of aryl methyl sites for hydroxylation is 1. The zero-order chi connectivity index (χ0) is 26.1. The average molecular weight is 532 g/mol. The molecular formula is C28H33N7O2S. The van der Waals surface area contributed by atoms with E-state index >= 15 is 0 Å². The Morgan fingerprint density at radius 3 is 2.55 bits per heavy atom. The summed E-state index contributed by atoms with van der Waals surface area (Å²) in [6.45, 7) is 3.93. The third-order valence-corrected chi connectivity index (χ3v) is 8.73. The Morgan fingerprint density at radius 1 is 1.00 bits per heavy atom. The van der Waals surface area contributed by atoms with E-state index in [2.05, 4.69) is 44.8 Å². The lowest BCUT2D eigenvalue weighted by molar-refractivity contribution is 0.0908. The van der Waals surface area contributed by atoms with Crippen LogP contribution in [0.15, 0.2) is 48.8 Å². The van der Waals surface area contributed by atoms with E-state index in [1.165, 1.54) is 5.69 Å². The Morgan fingerprint density at radius 2 is 1.82 bits per heavy atom. The summed E-state index contributed by atoms with van der Waals surface area (Å²) in [6.07, 6.45) is 6.28. The van der Waals surface area contributed by atoms with Gasteiger partial charge in [0.15, 0.2) is 0 Å². The predicted molar refractivity (Wildman–Crippen MR) is 152 cm³/mol. The summed E-state index contributed by atoms with van der Waals surface area (Å²) >= 11 is 1.60. The fourth-order valence-electron chi connectivity index (χ4n) is 5.60. The molecule has 1 aliphatic carbocycles. The van der Waals surface area contributed by atoms with Crippen LogP contribution in [0.5, 0.6) is 0 Å². The van der Waals surface area contributed by atoms with Crippen molar-refractivity contribution in [2.24, 2.45) is 5.92 Å². The number of aliphatic hydroxyl groups excluding tert-OH is 2. The second-order valence-corrected chi connectivity index (χ2v) is 11.3. The smallest absolute Gasteiger partial charge is 0.225 e. The molecule has 6 rings (SSSR count). The van der Waals surface area contributed by atoms with Crippen LogP contribution in [0.2, 0.25) is 0 Å². The van der Waals surface area contributed by atoms with Gasteiger partial charge in [0.05, 0.1) is 28.3 Å². The van der Waals surface area contributed by atoms with Gasteiger partial charge in [0, 0.05) is 49.6 Å². The minimum atomic E-state index is -0.523. The number of aliphatic hydroxyl groups is 2. The number of hydrogen-bond donors (Lipinski definition) is 4. The van der Waals surface area contributed by atoms with Crippen molar-refractivity contribution in [3.63, 3.8) is 0 Å². The number of fused-ring (bicyclic) bond motifs is 1. The second kappa shape index (κ2) is 10.8. The standard InChI is InChI=1S/C28H33N7O2S/c1-17-25(27-33-22-15-29-10-7-24(22)38-27)26(31-20-13-18(16-36)23(37)14-20)34-28(30-17)32-19-8-11-35(12-9-19)21-5-3-2-4-6-21/h2-7,10,15,18-20,23,36-37H,8-9,11-14,16H2,1H3,(H2,30,31,32,34)/t18-,20?,23+/m1/s1. The second-order valence-electron chi connectivity index (χ2n) is 10.3. The molecule has 2 fully saturated rings. The lowest BCUT2D eigenvalue weighted by atomic mass is 10.0. The van der Waals surface area contributed by atoms with Crippen LogP contribution in [0.25, 0.3) is 20.8 Å². The fourth-order valence-corrected chi connectivity index (χ4v) is 6.63. The van der Waals surface area contributed by atoms with Crippen LogP contribution in [0.3, 0.4) is 0 Å². The van der Waals surface area contributed by atoms with Gasteiger partial charge < -0.3 is 25.7 Å². The highest BCUT2D eigenvalue weighted by Crippen LogP contribution is 2.38. The number of rotatable bonds is 7. The van der Waals surface area contributed by atoms with E-state index in [4.69, 9.17) is 15.0 Å². The molecular weight excluding hydrogens is 498 g/mol. The molecule has 38 heavy (non-hydrogen) atoms. The van der Waals surface area contributed by atoms with E-state index in [0.29, 0.717) is 24.6 Å². The minimum absolute atomic E-state index is 0.00760. The molecule has 9 nitrogen and oxygen atoms in total. The van der Waals surface area contributed by atoms with Crippen molar-refractivity contribution in [3.8, 4) is 10.6 Å². The number of nitrogens with one attached hydrogen (secondary N) is 2. The molecule has 0 amide bonds. The van der Waals surface area contributed by atoms with E-state index < -0.39 is 6.10 Å². The minimum Gasteiger partial charge on any atom is -0.396 e. The van der Waals surface area contributed by atoms with E-state index in [1.54, 1.807) is 23.7 Å². The van der Waals surface area contributed by atoms with E-state index in [-0.39, 0.29) is 24.6 Å². The Labute approximate surface area is 226 Å². The first kappa shape index (κ1) is 25.0. The van der Waals surface area contributed by atoms with E-state index in [0.717, 1.165) is 52.4 Å². The lowest BCUT2D eigenvalue weighted by Gasteiger charge is -2.34. The highest BCUT2D eigenvalue weighted by molar-refractivity contribution is 7.21. The molecule has 3 atom stereocenters. The summed E-state index contributed by atoms with van der Waals surface area (Å²) in [5.74, 6) is 1.19. The highest BCUT2D eigenvalue weighted by atomic mass is 32.1. The van der Waals surface area contributed by atoms with E-state index in [9.17, 15) is 10.2 Å². The molecule has 1 aliphatic heterocycles. The number of aromatic nitrogens is 4. The number of nitrogens with zero attached hydrogens (tertiary/aromatic N) is 5. The van der Waals surface area contributed by atoms with Crippen molar-refractivity contribution in [2.75, 3.05) is 35.2 Å². The summed E-state index contributed by atoms with van der Waals surface area (Å²) in [6, 6.07) is 12.8. The van der Waals surface area contributed by atoms with Crippen LogP contribution in [0, 0.1) is 12.8 Å². The fraction of sp³-hybridized carbons (Fsp3) is 0.429. The number of anilines is 3. The molecule has 10 heteroatoms. The molecule has 0 bridgehead atoms. The summed E-state index contributed by atoms with van der Waals surface area (Å²) < 4.78 is 1.06. The molecule has 4 N–H and O–H groups in total. The normalized spacial score (nSPS) is 22.2. The van der Waals surface area contributed by atoms with Crippen molar-refractivity contribution < 1.29 is 10.2 Å². The van der Waals surface area contributed by atoms with Gasteiger partial charge in [-0.25, -0.2) is 9.97 Å². The third kappa shape index (κ3) is 5.16. The molecule has 198 valence electrons. The van der Waals surface area contributed by atoms with Crippen LogP contribution in [0.4, 0.5) is 17.5 Å². The maximum absolute atomic E-state index is 10.4. The zero-order valence-electron chi connectivity index (χ0n) is 21.4. The lowest BCUT2D eigenvalue weighted by Crippen LogP contribution is -2.39. The quantitative estimate of drug-likeness (QED) is 0.280. The summed E-state index contributed by atoms with van der Waals surface area (Å²) in [5.41, 5.74) is 3.83. The predicted octanol–water partition coefficient (Wildman–Crippen LogP) is 4.08. The maximum atomic E-state index is 10.4. The Bertz CT molecular complexity index is 1360. The Balaban J connectivity index is 1.25. The van der Waals surface area contributed by atoms with Crippen LogP contribution < -0.4 is 15.5 Å². The molecule has 1 aromatic carbocycles. The molecule has 1 saturated heterocycles. The van der Waals surface area contributed by atoms with Gasteiger partial charge >= 0.3 is 0 Å². The van der Waals surface area contributed by atoms with Crippen LogP contribution in [-0.2, 0) is 0 Å². The van der Waals surface area contributed by atoms with Gasteiger partial charge in [-0.2, -0.15) is 4.98 Å². The molecule has 2 aliphatic rings. The first-order valence-electron chi connectivity index (χ1n) is 13.3. The van der Waals surface area contributed by atoms with Gasteiger partial charge in [0.25, 0.3) is 0 Å². The Hall–Kier alpha value is -3.34. The van der Waals surface area contributed by atoms with Crippen molar-refractivity contribution in [1.82, 2.24) is 19.9 Å². The number of piperidine rings is 1. The molecule has 1 saturated carbocycles. The van der Waals surface area contributed by atoms with Gasteiger partial charge in [-0.05, 0) is 50.8 Å². The maximum Gasteiger partial charge on any atom is 0.225 e. The number of pyridine rings is 1. The molecule has 0 spiro atoms. The largest absolute Gasteiger partial charge is 0.396 e. The zero-order valence-corrected chi connectivity index (χ0v) is 22.2. The molecule has 4 aromatic rings. The summed E-state index contributed by atoms with van der Waals surface area (Å²) in [7, 11) is 0. The average Bonchev–Trinajstić information content (AvgIpc) is 3.51. The SMILES string of the molecule is Cc1nc(NC2CCN(c3ccccc3)CC2)nc(NC2C[C@H](CO)[C@@H](O)C2)c1-c1nc2cnccc2s1. The van der Waals surface area contributed by atoms with Crippen LogP contribution in [-0.4, -0.2) is 68.0 Å². The van der Waals surface area contributed by atoms with Crippen molar-refractivity contribution in [1.29, 1.82) is 0 Å². The number of benzene rings is 1. The van der Waals surface area contributed by atoms with Gasteiger partial charge in [-0.15, -0.1) is 11.3 Å². The molecule has 0 radical (unpaired) electrons. The van der Waals surface area contributed by atoms with Gasteiger partial charge in [0.2, 0.25) is 5.95 Å². The summed E-state index contributed by atoms with van der Waals surface area (Å²) in [5, 5.41) is 28.0. The number of thiazole rings is 1. The van der Waals surface area contributed by atoms with E-state index in [1.807, 2.05) is 19.1 Å². The van der Waals surface area contributed by atoms with Crippen molar-refractivity contribution in [2.45, 2.75) is 50.8 Å². The molecule has 3 aromatic heterocycles.